The first kappa shape index (κ1) is 7.53. The zero-order chi connectivity index (χ0) is 7.56. The molecular weight excluding hydrogens is 243 g/mol. The molecule has 0 saturated heterocycles. The van der Waals surface area contributed by atoms with Gasteiger partial charge in [-0.2, -0.15) is 0 Å². The molecule has 0 aliphatic carbocycles. The van der Waals surface area contributed by atoms with Gasteiger partial charge in [-0.25, -0.2) is 0 Å². The van der Waals surface area contributed by atoms with Crippen molar-refractivity contribution in [3.8, 4) is 5.75 Å². The molecule has 0 spiro atoms. The maximum Gasteiger partial charge on any atom is 0.153 e. The van der Waals surface area contributed by atoms with Gasteiger partial charge in [-0.05, 0) is 34.7 Å². The van der Waals surface area contributed by atoms with Crippen LogP contribution in [0.4, 0.5) is 0 Å². The highest BCUT2D eigenvalue weighted by Gasteiger charge is 2.01. The number of carbonyl (C=O) groups excluding carboxylic acids is 1. The molecule has 0 unspecified atom stereocenters. The molecule has 0 aliphatic rings. The van der Waals surface area contributed by atoms with Crippen LogP contribution >= 0.6 is 22.6 Å². The van der Waals surface area contributed by atoms with Crippen LogP contribution in [0.2, 0.25) is 0 Å². The number of benzene rings is 1. The zero-order valence-electron chi connectivity index (χ0n) is 5.04. The third kappa shape index (κ3) is 1.29. The Morgan fingerprint density at radius 3 is 2.70 bits per heavy atom. The van der Waals surface area contributed by atoms with Gasteiger partial charge in [0, 0.05) is 0 Å². The maximum atomic E-state index is 10.2. The fourth-order valence-electron chi connectivity index (χ4n) is 0.627. The SMILES string of the molecule is O=Cc1cccc(I)c1O. The Balaban J connectivity index is 3.27. The molecule has 0 aliphatic heterocycles. The summed E-state index contributed by atoms with van der Waals surface area (Å²) in [6, 6.07) is 5.04. The van der Waals surface area contributed by atoms with E-state index in [1.807, 2.05) is 22.6 Å². The lowest BCUT2D eigenvalue weighted by atomic mass is 10.2. The molecule has 0 radical (unpaired) electrons. The van der Waals surface area contributed by atoms with E-state index in [2.05, 4.69) is 0 Å². The highest BCUT2D eigenvalue weighted by Crippen LogP contribution is 2.21. The molecule has 0 atom stereocenters. The lowest BCUT2D eigenvalue weighted by Crippen LogP contribution is -1.82. The van der Waals surface area contributed by atoms with Crippen LogP contribution in [0.15, 0.2) is 18.2 Å². The summed E-state index contributed by atoms with van der Waals surface area (Å²) < 4.78 is 0.696. The maximum absolute atomic E-state index is 10.2. The number of halogens is 1. The van der Waals surface area contributed by atoms with Crippen molar-refractivity contribution in [2.45, 2.75) is 0 Å². The number of hydrogen-bond donors (Lipinski definition) is 1. The predicted octanol–water partition coefficient (Wildman–Crippen LogP) is 1.81. The van der Waals surface area contributed by atoms with Crippen molar-refractivity contribution in [3.63, 3.8) is 0 Å². The van der Waals surface area contributed by atoms with E-state index in [1.165, 1.54) is 0 Å². The summed E-state index contributed by atoms with van der Waals surface area (Å²) in [7, 11) is 0. The van der Waals surface area contributed by atoms with Gasteiger partial charge in [0.2, 0.25) is 0 Å². The Kier molecular flexibility index (Phi) is 2.26. The fraction of sp³-hybridized carbons (Fsp3) is 0. The molecule has 3 heteroatoms. The van der Waals surface area contributed by atoms with Gasteiger partial charge >= 0.3 is 0 Å². The topological polar surface area (TPSA) is 37.3 Å². The van der Waals surface area contributed by atoms with Crippen LogP contribution in [0.3, 0.4) is 0 Å². The standard InChI is InChI=1S/C7H5IO2/c8-6-3-1-2-5(4-9)7(6)10/h1-4,10H. The molecule has 0 heterocycles. The number of phenols is 1. The zero-order valence-corrected chi connectivity index (χ0v) is 7.20. The van der Waals surface area contributed by atoms with Crippen LogP contribution in [-0.4, -0.2) is 11.4 Å². The lowest BCUT2D eigenvalue weighted by Gasteiger charge is -1.96. The van der Waals surface area contributed by atoms with Crippen LogP contribution in [0.25, 0.3) is 0 Å². The summed E-state index contributed by atoms with van der Waals surface area (Å²) in [5.74, 6) is 0.0677. The van der Waals surface area contributed by atoms with Crippen molar-refractivity contribution in [2.24, 2.45) is 0 Å². The van der Waals surface area contributed by atoms with Crippen molar-refractivity contribution in [1.82, 2.24) is 0 Å². The lowest BCUT2D eigenvalue weighted by molar-refractivity contribution is 0.112. The van der Waals surface area contributed by atoms with Gasteiger partial charge in [0.05, 0.1) is 9.13 Å². The fourth-order valence-corrected chi connectivity index (χ4v) is 1.15. The second-order valence-electron chi connectivity index (χ2n) is 1.80. The first-order chi connectivity index (χ1) is 4.75. The van der Waals surface area contributed by atoms with Crippen LogP contribution < -0.4 is 0 Å². The van der Waals surface area contributed by atoms with Crippen LogP contribution in [0, 0.1) is 3.57 Å². The summed E-state index contributed by atoms with van der Waals surface area (Å²) in [5.41, 5.74) is 0.340. The minimum Gasteiger partial charge on any atom is -0.506 e. The smallest absolute Gasteiger partial charge is 0.153 e. The second kappa shape index (κ2) is 3.01. The number of aldehydes is 1. The van der Waals surface area contributed by atoms with Crippen molar-refractivity contribution in [3.05, 3.63) is 27.3 Å². The molecule has 10 heavy (non-hydrogen) atoms. The Labute approximate surface area is 72.0 Å². The van der Waals surface area contributed by atoms with Crippen molar-refractivity contribution in [1.29, 1.82) is 0 Å². The van der Waals surface area contributed by atoms with E-state index in [4.69, 9.17) is 5.11 Å². The van der Waals surface area contributed by atoms with Crippen LogP contribution in [-0.2, 0) is 0 Å². The van der Waals surface area contributed by atoms with E-state index in [9.17, 15) is 4.79 Å². The average molecular weight is 248 g/mol. The van der Waals surface area contributed by atoms with Crippen LogP contribution in [0.5, 0.6) is 5.75 Å². The molecule has 0 bridgehead atoms. The molecule has 0 saturated carbocycles. The molecule has 0 amide bonds. The van der Waals surface area contributed by atoms with Crippen molar-refractivity contribution < 1.29 is 9.90 Å². The minimum absolute atomic E-state index is 0.0677. The third-order valence-corrected chi connectivity index (χ3v) is 2.02. The van der Waals surface area contributed by atoms with Gasteiger partial charge in [-0.1, -0.05) is 6.07 Å². The normalized spacial score (nSPS) is 9.30. The van der Waals surface area contributed by atoms with Crippen molar-refractivity contribution in [2.75, 3.05) is 0 Å². The van der Waals surface area contributed by atoms with E-state index in [1.54, 1.807) is 18.2 Å². The number of rotatable bonds is 1. The second-order valence-corrected chi connectivity index (χ2v) is 2.96. The highest BCUT2D eigenvalue weighted by molar-refractivity contribution is 14.1. The molecule has 1 aromatic carbocycles. The highest BCUT2D eigenvalue weighted by atomic mass is 127. The first-order valence-corrected chi connectivity index (χ1v) is 3.76. The average Bonchev–Trinajstić information content (AvgIpc) is 1.95. The largest absolute Gasteiger partial charge is 0.506 e. The number of para-hydroxylation sites is 1. The van der Waals surface area contributed by atoms with E-state index < -0.39 is 0 Å². The van der Waals surface area contributed by atoms with Gasteiger partial charge in [0.15, 0.2) is 6.29 Å². The summed E-state index contributed by atoms with van der Waals surface area (Å²) >= 11 is 1.96. The molecule has 52 valence electrons. The van der Waals surface area contributed by atoms with Gasteiger partial charge in [0.25, 0.3) is 0 Å². The Bertz CT molecular complexity index is 258. The van der Waals surface area contributed by atoms with Crippen LogP contribution in [0.1, 0.15) is 10.4 Å². The minimum atomic E-state index is 0.0677. The third-order valence-electron chi connectivity index (χ3n) is 1.14. The molecule has 2 nitrogen and oxygen atoms in total. The van der Waals surface area contributed by atoms with Crippen molar-refractivity contribution >= 4 is 28.9 Å². The molecular formula is C7H5IO2. The number of hydrogen-bond acceptors (Lipinski definition) is 2. The van der Waals surface area contributed by atoms with E-state index >= 15 is 0 Å². The Morgan fingerprint density at radius 1 is 1.50 bits per heavy atom. The Morgan fingerprint density at radius 2 is 2.20 bits per heavy atom. The predicted molar refractivity (Wildman–Crippen MR) is 46.2 cm³/mol. The summed E-state index contributed by atoms with van der Waals surface area (Å²) in [4.78, 5) is 10.2. The Hall–Kier alpha value is -0.580. The summed E-state index contributed by atoms with van der Waals surface area (Å²) in [5, 5.41) is 9.16. The summed E-state index contributed by atoms with van der Waals surface area (Å²) in [6.07, 6.45) is 0.636. The van der Waals surface area contributed by atoms with Gasteiger partial charge in [-0.3, -0.25) is 4.79 Å². The molecule has 1 aromatic rings. The van der Waals surface area contributed by atoms with Gasteiger partial charge in [-0.15, -0.1) is 0 Å². The summed E-state index contributed by atoms with van der Waals surface area (Å²) in [6.45, 7) is 0. The number of phenolic OH excluding ortho intramolecular Hbond substituents is 1. The molecule has 0 aromatic heterocycles. The number of carbonyl (C=O) groups is 1. The number of aromatic hydroxyl groups is 1. The van der Waals surface area contributed by atoms with Gasteiger partial charge < -0.3 is 5.11 Å². The van der Waals surface area contributed by atoms with Gasteiger partial charge in [0.1, 0.15) is 5.75 Å². The van der Waals surface area contributed by atoms with E-state index in [0.717, 1.165) is 0 Å². The van der Waals surface area contributed by atoms with E-state index in [-0.39, 0.29) is 5.75 Å². The van der Waals surface area contributed by atoms with E-state index in [0.29, 0.717) is 15.4 Å². The molecule has 0 fully saturated rings. The first-order valence-electron chi connectivity index (χ1n) is 2.68. The molecule has 1 N–H and O–H groups in total. The molecule has 1 rings (SSSR count). The monoisotopic (exact) mass is 248 g/mol. The quantitative estimate of drug-likeness (QED) is 0.607.